The van der Waals surface area contributed by atoms with Gasteiger partial charge in [-0.1, -0.05) is 6.07 Å². The molecule has 8 heteroatoms. The van der Waals surface area contributed by atoms with Gasteiger partial charge in [0.1, 0.15) is 11.3 Å². The Kier molecular flexibility index (Phi) is 4.37. The van der Waals surface area contributed by atoms with E-state index in [9.17, 15) is 23.1 Å². The SMILES string of the molecule is CS(=O)(=O)c1cccc(C(=O)Nc2ccc(C(=O)O)c(O)c2)c1. The van der Waals surface area contributed by atoms with Gasteiger partial charge in [-0.15, -0.1) is 0 Å². The minimum absolute atomic E-state index is 0.00854. The van der Waals surface area contributed by atoms with Crippen LogP contribution < -0.4 is 5.32 Å². The van der Waals surface area contributed by atoms with Crippen LogP contribution in [-0.2, 0) is 9.84 Å². The predicted molar refractivity (Wildman–Crippen MR) is 82.6 cm³/mol. The molecule has 3 N–H and O–H groups in total. The smallest absolute Gasteiger partial charge is 0.339 e. The first-order valence-electron chi connectivity index (χ1n) is 6.36. The van der Waals surface area contributed by atoms with Gasteiger partial charge >= 0.3 is 5.97 Å². The lowest BCUT2D eigenvalue weighted by atomic mass is 10.1. The number of rotatable bonds is 4. The summed E-state index contributed by atoms with van der Waals surface area (Å²) in [6, 6.07) is 9.06. The van der Waals surface area contributed by atoms with Gasteiger partial charge in [0.25, 0.3) is 5.91 Å². The Morgan fingerprint density at radius 2 is 1.78 bits per heavy atom. The molecular weight excluding hydrogens is 322 g/mol. The van der Waals surface area contributed by atoms with Crippen LogP contribution in [0, 0.1) is 0 Å². The number of phenols is 1. The summed E-state index contributed by atoms with van der Waals surface area (Å²) in [5, 5.41) is 20.9. The van der Waals surface area contributed by atoms with Crippen LogP contribution >= 0.6 is 0 Å². The van der Waals surface area contributed by atoms with Gasteiger partial charge in [-0.2, -0.15) is 0 Å². The van der Waals surface area contributed by atoms with Gasteiger partial charge in [-0.3, -0.25) is 4.79 Å². The number of hydrogen-bond donors (Lipinski definition) is 3. The summed E-state index contributed by atoms with van der Waals surface area (Å²) in [6.45, 7) is 0. The molecule has 0 bridgehead atoms. The van der Waals surface area contributed by atoms with E-state index in [-0.39, 0.29) is 21.7 Å². The molecule has 2 rings (SSSR count). The summed E-state index contributed by atoms with van der Waals surface area (Å²) in [6.07, 6.45) is 1.03. The first-order chi connectivity index (χ1) is 10.7. The quantitative estimate of drug-likeness (QED) is 0.782. The molecule has 0 atom stereocenters. The van der Waals surface area contributed by atoms with Crippen molar-refractivity contribution in [3.05, 3.63) is 53.6 Å². The number of carbonyl (C=O) groups excluding carboxylic acids is 1. The Labute approximate surface area is 132 Å². The fourth-order valence-corrected chi connectivity index (χ4v) is 2.53. The molecule has 0 aliphatic rings. The first kappa shape index (κ1) is 16.5. The van der Waals surface area contributed by atoms with Crippen LogP contribution in [0.3, 0.4) is 0 Å². The standard InChI is InChI=1S/C15H13NO6S/c1-23(21,22)11-4-2-3-9(7-11)14(18)16-10-5-6-12(15(19)20)13(17)8-10/h2-8,17H,1H3,(H,16,18)(H,19,20). The van der Waals surface area contributed by atoms with Gasteiger partial charge in [0.05, 0.1) is 4.90 Å². The maximum Gasteiger partial charge on any atom is 0.339 e. The van der Waals surface area contributed by atoms with Crippen molar-refractivity contribution in [1.29, 1.82) is 0 Å². The van der Waals surface area contributed by atoms with Crippen molar-refractivity contribution in [3.63, 3.8) is 0 Å². The third-order valence-corrected chi connectivity index (χ3v) is 4.12. The molecule has 0 saturated carbocycles. The van der Waals surface area contributed by atoms with Crippen LogP contribution in [0.25, 0.3) is 0 Å². The summed E-state index contributed by atoms with van der Waals surface area (Å²) in [5.41, 5.74) is 0.0130. The molecule has 1 amide bonds. The molecule has 0 aliphatic heterocycles. The Morgan fingerprint density at radius 3 is 2.35 bits per heavy atom. The average molecular weight is 335 g/mol. The number of anilines is 1. The van der Waals surface area contributed by atoms with Gasteiger partial charge < -0.3 is 15.5 Å². The van der Waals surface area contributed by atoms with Crippen LogP contribution in [-0.4, -0.2) is 36.8 Å². The summed E-state index contributed by atoms with van der Waals surface area (Å²) in [7, 11) is -3.44. The summed E-state index contributed by atoms with van der Waals surface area (Å²) in [4.78, 5) is 22.9. The van der Waals surface area contributed by atoms with Gasteiger partial charge in [0.2, 0.25) is 0 Å². The normalized spacial score (nSPS) is 11.0. The number of amides is 1. The molecule has 0 fully saturated rings. The molecule has 7 nitrogen and oxygen atoms in total. The second-order valence-electron chi connectivity index (χ2n) is 4.79. The molecule has 23 heavy (non-hydrogen) atoms. The molecule has 0 unspecified atom stereocenters. The molecule has 0 aromatic heterocycles. The van der Waals surface area contributed by atoms with Gasteiger partial charge in [0, 0.05) is 23.6 Å². The molecular formula is C15H13NO6S. The summed E-state index contributed by atoms with van der Waals surface area (Å²) in [5.74, 6) is -2.36. The lowest BCUT2D eigenvalue weighted by Gasteiger charge is -2.08. The second kappa shape index (κ2) is 6.09. The zero-order valence-electron chi connectivity index (χ0n) is 12.0. The predicted octanol–water partition coefficient (Wildman–Crippen LogP) is 1.75. The van der Waals surface area contributed by atoms with Crippen molar-refractivity contribution >= 4 is 27.4 Å². The largest absolute Gasteiger partial charge is 0.507 e. The number of carboxylic acid groups (broad SMARTS) is 1. The fraction of sp³-hybridized carbons (Fsp3) is 0.0667. The lowest BCUT2D eigenvalue weighted by molar-refractivity contribution is 0.0693. The molecule has 0 radical (unpaired) electrons. The molecule has 120 valence electrons. The van der Waals surface area contributed by atoms with Crippen LogP contribution in [0.15, 0.2) is 47.4 Å². The zero-order valence-corrected chi connectivity index (χ0v) is 12.8. The molecule has 0 heterocycles. The Morgan fingerprint density at radius 1 is 1.09 bits per heavy atom. The van der Waals surface area contributed by atoms with Crippen molar-refractivity contribution in [1.82, 2.24) is 0 Å². The summed E-state index contributed by atoms with van der Waals surface area (Å²) >= 11 is 0. The molecule has 2 aromatic carbocycles. The van der Waals surface area contributed by atoms with Gasteiger partial charge in [0.15, 0.2) is 9.84 Å². The molecule has 2 aromatic rings. The van der Waals surface area contributed by atoms with Gasteiger partial charge in [-0.25, -0.2) is 13.2 Å². The van der Waals surface area contributed by atoms with Crippen molar-refractivity contribution in [3.8, 4) is 5.75 Å². The third kappa shape index (κ3) is 3.86. The maximum atomic E-state index is 12.1. The number of hydrogen-bond acceptors (Lipinski definition) is 5. The highest BCUT2D eigenvalue weighted by molar-refractivity contribution is 7.90. The Balaban J connectivity index is 2.26. The Bertz CT molecular complexity index is 889. The minimum Gasteiger partial charge on any atom is -0.507 e. The van der Waals surface area contributed by atoms with E-state index < -0.39 is 27.5 Å². The van der Waals surface area contributed by atoms with E-state index in [1.54, 1.807) is 0 Å². The lowest BCUT2D eigenvalue weighted by Crippen LogP contribution is -2.13. The molecule has 0 aliphatic carbocycles. The van der Waals surface area contributed by atoms with E-state index >= 15 is 0 Å². The molecule has 0 saturated heterocycles. The van der Waals surface area contributed by atoms with Crippen molar-refractivity contribution in [2.75, 3.05) is 11.6 Å². The first-order valence-corrected chi connectivity index (χ1v) is 8.25. The zero-order chi connectivity index (χ0) is 17.2. The van der Waals surface area contributed by atoms with Crippen molar-refractivity contribution in [2.45, 2.75) is 4.90 Å². The monoisotopic (exact) mass is 335 g/mol. The van der Waals surface area contributed by atoms with Crippen molar-refractivity contribution < 1.29 is 28.2 Å². The highest BCUT2D eigenvalue weighted by Crippen LogP contribution is 2.22. The van der Waals surface area contributed by atoms with Crippen LogP contribution in [0.2, 0.25) is 0 Å². The van der Waals surface area contributed by atoms with Gasteiger partial charge in [-0.05, 0) is 30.3 Å². The number of nitrogens with one attached hydrogen (secondary N) is 1. The topological polar surface area (TPSA) is 121 Å². The van der Waals surface area contributed by atoms with Crippen LogP contribution in [0.4, 0.5) is 5.69 Å². The van der Waals surface area contributed by atoms with E-state index in [2.05, 4.69) is 5.32 Å². The number of benzene rings is 2. The minimum atomic E-state index is -3.44. The average Bonchev–Trinajstić information content (AvgIpc) is 2.46. The Hall–Kier alpha value is -2.87. The number of carbonyl (C=O) groups is 2. The van der Waals surface area contributed by atoms with Crippen LogP contribution in [0.1, 0.15) is 20.7 Å². The molecule has 0 spiro atoms. The third-order valence-electron chi connectivity index (χ3n) is 3.01. The second-order valence-corrected chi connectivity index (χ2v) is 6.81. The highest BCUT2D eigenvalue weighted by Gasteiger charge is 2.14. The van der Waals surface area contributed by atoms with E-state index in [0.29, 0.717) is 0 Å². The van der Waals surface area contributed by atoms with E-state index in [1.807, 2.05) is 0 Å². The number of carboxylic acids is 1. The number of aromatic hydroxyl groups is 1. The van der Waals surface area contributed by atoms with E-state index in [4.69, 9.17) is 5.11 Å². The fourth-order valence-electron chi connectivity index (χ4n) is 1.86. The highest BCUT2D eigenvalue weighted by atomic mass is 32.2. The van der Waals surface area contributed by atoms with Crippen LogP contribution in [0.5, 0.6) is 5.75 Å². The number of sulfone groups is 1. The number of aromatic carboxylic acids is 1. The maximum absolute atomic E-state index is 12.1. The van der Waals surface area contributed by atoms with Crippen molar-refractivity contribution in [2.24, 2.45) is 0 Å². The van der Waals surface area contributed by atoms with E-state index in [0.717, 1.165) is 18.4 Å². The summed E-state index contributed by atoms with van der Waals surface area (Å²) < 4.78 is 23.0. The van der Waals surface area contributed by atoms with E-state index in [1.165, 1.54) is 30.3 Å².